The number of benzene rings is 1. The zero-order valence-corrected chi connectivity index (χ0v) is 19.3. The number of nitrogens with zero attached hydrogens (tertiary/aromatic N) is 4. The second-order valence-electron chi connectivity index (χ2n) is 8.36. The fourth-order valence-electron chi connectivity index (χ4n) is 4.39. The Morgan fingerprint density at radius 1 is 1.03 bits per heavy atom. The van der Waals surface area contributed by atoms with Gasteiger partial charge in [0.15, 0.2) is 0 Å². The van der Waals surface area contributed by atoms with Crippen LogP contribution >= 0.6 is 0 Å². The molecule has 0 radical (unpaired) electrons. The predicted molar refractivity (Wildman–Crippen MR) is 127 cm³/mol. The van der Waals surface area contributed by atoms with Crippen LogP contribution in [0.25, 0.3) is 22.2 Å². The van der Waals surface area contributed by atoms with Gasteiger partial charge in [-0.15, -0.1) is 0 Å². The summed E-state index contributed by atoms with van der Waals surface area (Å²) < 4.78 is 47.7. The molecule has 0 amide bonds. The van der Waals surface area contributed by atoms with E-state index in [0.29, 0.717) is 18.6 Å². The Labute approximate surface area is 196 Å². The van der Waals surface area contributed by atoms with Crippen molar-refractivity contribution in [3.63, 3.8) is 0 Å². The third-order valence-electron chi connectivity index (χ3n) is 6.24. The lowest BCUT2D eigenvalue weighted by molar-refractivity contribution is -0.137. The molecule has 0 saturated carbocycles. The minimum absolute atomic E-state index is 0.618. The van der Waals surface area contributed by atoms with Crippen LogP contribution in [0.15, 0.2) is 48.8 Å². The first-order chi connectivity index (χ1) is 16.4. The Balaban J connectivity index is 0.00000133. The van der Waals surface area contributed by atoms with E-state index in [1.54, 1.807) is 12.3 Å². The fourth-order valence-corrected chi connectivity index (χ4v) is 4.39. The SMILES string of the molecule is CN1CC=C(c2cn(-c3ccc(N4CCOCC4)nc3)c3ccc(C(F)(F)F)cc23)CC1.CO. The Hall–Kier alpha value is -2.88. The third-order valence-corrected chi connectivity index (χ3v) is 6.24. The zero-order chi connectivity index (χ0) is 24.3. The highest BCUT2D eigenvalue weighted by atomic mass is 19.4. The minimum Gasteiger partial charge on any atom is -0.400 e. The Kier molecular flexibility index (Phi) is 7.25. The van der Waals surface area contributed by atoms with Gasteiger partial charge in [0.1, 0.15) is 5.82 Å². The van der Waals surface area contributed by atoms with Gasteiger partial charge in [-0.1, -0.05) is 6.08 Å². The van der Waals surface area contributed by atoms with E-state index >= 15 is 0 Å². The number of hydrogen-bond acceptors (Lipinski definition) is 5. The van der Waals surface area contributed by atoms with E-state index in [1.165, 1.54) is 6.07 Å². The molecule has 1 N–H and O–H groups in total. The number of morpholine rings is 1. The molecule has 1 saturated heterocycles. The number of aromatic nitrogens is 2. The molecule has 6 nitrogen and oxygen atoms in total. The smallest absolute Gasteiger partial charge is 0.400 e. The molecule has 1 fully saturated rings. The molecule has 182 valence electrons. The molecule has 1 aromatic carbocycles. The maximum Gasteiger partial charge on any atom is 0.416 e. The van der Waals surface area contributed by atoms with E-state index in [2.05, 4.69) is 20.9 Å². The molecule has 5 rings (SSSR count). The third kappa shape index (κ3) is 4.96. The number of fused-ring (bicyclic) bond motifs is 1. The number of pyridine rings is 1. The van der Waals surface area contributed by atoms with Crippen LogP contribution in [0.2, 0.25) is 0 Å². The van der Waals surface area contributed by atoms with Crippen LogP contribution in [-0.4, -0.2) is 73.1 Å². The summed E-state index contributed by atoms with van der Waals surface area (Å²) in [4.78, 5) is 8.99. The van der Waals surface area contributed by atoms with Crippen molar-refractivity contribution >= 4 is 22.3 Å². The maximum absolute atomic E-state index is 13.4. The molecule has 9 heteroatoms. The van der Waals surface area contributed by atoms with Crippen molar-refractivity contribution in [1.82, 2.24) is 14.5 Å². The van der Waals surface area contributed by atoms with Crippen LogP contribution in [0.3, 0.4) is 0 Å². The molecule has 0 spiro atoms. The number of alkyl halides is 3. The van der Waals surface area contributed by atoms with Gasteiger partial charge in [0, 0.05) is 50.4 Å². The number of hydrogen-bond donors (Lipinski definition) is 1. The number of rotatable bonds is 3. The standard InChI is InChI=1S/C24H25F3N4O.CH4O/c1-29-8-6-17(7-9-29)21-16-31(22-4-2-18(14-20(21)22)24(25,26)27)19-3-5-23(28-15-19)30-10-12-32-13-11-30;1-2/h2-6,14-16H,7-13H2,1H3;2H,1H3. The van der Waals surface area contributed by atoms with Gasteiger partial charge in [0.2, 0.25) is 0 Å². The topological polar surface area (TPSA) is 53.8 Å². The number of aliphatic hydroxyl groups excluding tert-OH is 1. The number of likely N-dealkylation sites (N-methyl/N-ethyl adjacent to an activating group) is 1. The summed E-state index contributed by atoms with van der Waals surface area (Å²) in [6.07, 6.45) is 2.28. The van der Waals surface area contributed by atoms with Gasteiger partial charge >= 0.3 is 6.18 Å². The van der Waals surface area contributed by atoms with Gasteiger partial charge in [-0.05, 0) is 49.4 Å². The highest BCUT2D eigenvalue weighted by Crippen LogP contribution is 2.37. The largest absolute Gasteiger partial charge is 0.416 e. The summed E-state index contributed by atoms with van der Waals surface area (Å²) in [5, 5.41) is 7.62. The maximum atomic E-state index is 13.4. The normalized spacial score (nSPS) is 17.4. The summed E-state index contributed by atoms with van der Waals surface area (Å²) in [7, 11) is 3.04. The first-order valence-corrected chi connectivity index (χ1v) is 11.2. The highest BCUT2D eigenvalue weighted by Gasteiger charge is 2.31. The van der Waals surface area contributed by atoms with Crippen LogP contribution < -0.4 is 4.90 Å². The van der Waals surface area contributed by atoms with Crippen LogP contribution in [0.5, 0.6) is 0 Å². The molecular formula is C25H29F3N4O2. The average Bonchev–Trinajstić information content (AvgIpc) is 3.25. The summed E-state index contributed by atoms with van der Waals surface area (Å²) in [5.41, 5.74) is 2.89. The molecule has 0 aliphatic carbocycles. The molecule has 2 aromatic heterocycles. The van der Waals surface area contributed by atoms with E-state index in [0.717, 1.165) is 73.9 Å². The average molecular weight is 475 g/mol. The van der Waals surface area contributed by atoms with Crippen molar-refractivity contribution in [3.8, 4) is 5.69 Å². The summed E-state index contributed by atoms with van der Waals surface area (Å²) in [6, 6.07) is 7.93. The van der Waals surface area contributed by atoms with Crippen LogP contribution in [0, 0.1) is 0 Å². The number of anilines is 1. The molecule has 0 atom stereocenters. The molecule has 2 aliphatic rings. The molecule has 3 aromatic rings. The highest BCUT2D eigenvalue weighted by molar-refractivity contribution is 5.95. The van der Waals surface area contributed by atoms with Crippen LogP contribution in [-0.2, 0) is 10.9 Å². The minimum atomic E-state index is -4.38. The van der Waals surface area contributed by atoms with Crippen molar-refractivity contribution < 1.29 is 23.0 Å². The van der Waals surface area contributed by atoms with Crippen molar-refractivity contribution in [2.45, 2.75) is 12.6 Å². The van der Waals surface area contributed by atoms with Gasteiger partial charge in [-0.25, -0.2) is 4.98 Å². The van der Waals surface area contributed by atoms with E-state index < -0.39 is 11.7 Å². The van der Waals surface area contributed by atoms with Gasteiger partial charge in [0.05, 0.1) is 36.2 Å². The van der Waals surface area contributed by atoms with Gasteiger partial charge < -0.3 is 24.2 Å². The lowest BCUT2D eigenvalue weighted by Gasteiger charge is -2.27. The number of ether oxygens (including phenoxy) is 1. The van der Waals surface area contributed by atoms with E-state index in [9.17, 15) is 13.2 Å². The molecule has 4 heterocycles. The number of aliphatic hydroxyl groups is 1. The van der Waals surface area contributed by atoms with Crippen molar-refractivity contribution in [2.75, 3.05) is 58.5 Å². The van der Waals surface area contributed by atoms with Gasteiger partial charge in [0.25, 0.3) is 0 Å². The van der Waals surface area contributed by atoms with Crippen LogP contribution in [0.4, 0.5) is 19.0 Å². The van der Waals surface area contributed by atoms with E-state index in [4.69, 9.17) is 9.84 Å². The lowest BCUT2D eigenvalue weighted by Crippen LogP contribution is -2.36. The summed E-state index contributed by atoms with van der Waals surface area (Å²) in [6.45, 7) is 4.63. The van der Waals surface area contributed by atoms with Crippen LogP contribution in [0.1, 0.15) is 17.5 Å². The summed E-state index contributed by atoms with van der Waals surface area (Å²) in [5.74, 6) is 0.881. The lowest BCUT2D eigenvalue weighted by atomic mass is 9.98. The monoisotopic (exact) mass is 474 g/mol. The second-order valence-corrected chi connectivity index (χ2v) is 8.36. The Bertz CT molecular complexity index is 1150. The predicted octanol–water partition coefficient (Wildman–Crippen LogP) is 4.21. The van der Waals surface area contributed by atoms with E-state index in [-0.39, 0.29) is 0 Å². The molecule has 0 unspecified atom stereocenters. The summed E-state index contributed by atoms with van der Waals surface area (Å²) >= 11 is 0. The quantitative estimate of drug-likeness (QED) is 0.617. The van der Waals surface area contributed by atoms with Crippen molar-refractivity contribution in [3.05, 3.63) is 59.9 Å². The molecule has 0 bridgehead atoms. The molecular weight excluding hydrogens is 445 g/mol. The fraction of sp³-hybridized carbons (Fsp3) is 0.400. The molecule has 2 aliphatic heterocycles. The Morgan fingerprint density at radius 3 is 2.41 bits per heavy atom. The van der Waals surface area contributed by atoms with Gasteiger partial charge in [-0.2, -0.15) is 13.2 Å². The van der Waals surface area contributed by atoms with E-state index in [1.807, 2.05) is 29.9 Å². The second kappa shape index (κ2) is 10.2. The first-order valence-electron chi connectivity index (χ1n) is 11.2. The number of halogens is 3. The first kappa shape index (κ1) is 24.3. The van der Waals surface area contributed by atoms with Crippen molar-refractivity contribution in [1.29, 1.82) is 0 Å². The zero-order valence-electron chi connectivity index (χ0n) is 19.3. The van der Waals surface area contributed by atoms with Crippen molar-refractivity contribution in [2.24, 2.45) is 0 Å². The molecule has 34 heavy (non-hydrogen) atoms. The van der Waals surface area contributed by atoms with Gasteiger partial charge in [-0.3, -0.25) is 0 Å². The Morgan fingerprint density at radius 2 is 1.79 bits per heavy atom.